The van der Waals surface area contributed by atoms with E-state index in [0.717, 1.165) is 5.56 Å². The summed E-state index contributed by atoms with van der Waals surface area (Å²) in [6.45, 7) is 2.02. The van der Waals surface area contributed by atoms with Gasteiger partial charge in [-0.15, -0.1) is 11.8 Å². The number of nitrogens with zero attached hydrogens (tertiary/aromatic N) is 2. The van der Waals surface area contributed by atoms with Crippen molar-refractivity contribution in [3.63, 3.8) is 0 Å². The molecule has 6 atom stereocenters. The first-order valence-corrected chi connectivity index (χ1v) is 14.3. The van der Waals surface area contributed by atoms with Crippen molar-refractivity contribution in [2.24, 2.45) is 11.8 Å². The SMILES string of the molecule is C[C@]12C=CCOC(=O)[C@H]1[C@H]1C(=O)N([C@@H](CO)Cc3ccccc3)C3C(=O)N(c4ccccc4Cl)CC=C[C@@]31S2. The monoisotopic (exact) mass is 564 g/mol. The van der Waals surface area contributed by atoms with E-state index in [-0.39, 0.29) is 31.6 Å². The molecule has 4 heterocycles. The van der Waals surface area contributed by atoms with Crippen molar-refractivity contribution in [3.8, 4) is 0 Å². The lowest BCUT2D eigenvalue weighted by atomic mass is 9.75. The molecule has 7 nitrogen and oxygen atoms in total. The number of aliphatic hydroxyl groups is 1. The van der Waals surface area contributed by atoms with Crippen LogP contribution in [0.2, 0.25) is 5.02 Å². The molecule has 0 bridgehead atoms. The summed E-state index contributed by atoms with van der Waals surface area (Å²) >= 11 is 8.01. The molecule has 0 aliphatic carbocycles. The van der Waals surface area contributed by atoms with Gasteiger partial charge >= 0.3 is 5.97 Å². The van der Waals surface area contributed by atoms with Gasteiger partial charge in [-0.25, -0.2) is 0 Å². The van der Waals surface area contributed by atoms with Gasteiger partial charge in [-0.3, -0.25) is 14.4 Å². The third-order valence-corrected chi connectivity index (χ3v) is 10.4. The van der Waals surface area contributed by atoms with Crippen molar-refractivity contribution in [1.29, 1.82) is 0 Å². The molecule has 2 aromatic rings. The number of halogens is 1. The Balaban J connectivity index is 1.51. The largest absolute Gasteiger partial charge is 0.461 e. The number of para-hydroxylation sites is 1. The third-order valence-electron chi connectivity index (χ3n) is 8.31. The Morgan fingerprint density at radius 2 is 1.77 bits per heavy atom. The Morgan fingerprint density at radius 1 is 1.03 bits per heavy atom. The number of esters is 1. The Morgan fingerprint density at radius 3 is 2.51 bits per heavy atom. The molecule has 2 saturated heterocycles. The van der Waals surface area contributed by atoms with E-state index >= 15 is 0 Å². The van der Waals surface area contributed by atoms with Crippen molar-refractivity contribution in [3.05, 3.63) is 89.5 Å². The van der Waals surface area contributed by atoms with Gasteiger partial charge in [0.15, 0.2) is 0 Å². The van der Waals surface area contributed by atoms with Crippen LogP contribution >= 0.6 is 23.4 Å². The zero-order valence-corrected chi connectivity index (χ0v) is 23.0. The van der Waals surface area contributed by atoms with Crippen LogP contribution in [-0.4, -0.2) is 69.1 Å². The number of benzene rings is 2. The van der Waals surface area contributed by atoms with E-state index in [4.69, 9.17) is 16.3 Å². The first-order valence-electron chi connectivity index (χ1n) is 13.1. The highest BCUT2D eigenvalue weighted by molar-refractivity contribution is 8.02. The maximum atomic E-state index is 14.6. The van der Waals surface area contributed by atoms with Crippen LogP contribution in [0, 0.1) is 11.8 Å². The molecular weight excluding hydrogens is 536 g/mol. The Labute approximate surface area is 236 Å². The number of thioether (sulfide) groups is 1. The number of carbonyl (C=O) groups excluding carboxylic acids is 3. The normalized spacial score (nSPS) is 32.3. The molecule has 6 rings (SSSR count). The Kier molecular flexibility index (Phi) is 6.60. The lowest BCUT2D eigenvalue weighted by molar-refractivity contribution is -0.153. The molecule has 0 radical (unpaired) electrons. The quantitative estimate of drug-likeness (QED) is 0.441. The van der Waals surface area contributed by atoms with Crippen LogP contribution in [0.15, 0.2) is 78.9 Å². The molecule has 2 aromatic carbocycles. The van der Waals surface area contributed by atoms with E-state index in [0.29, 0.717) is 17.1 Å². The molecule has 4 aliphatic rings. The fourth-order valence-corrected chi connectivity index (χ4v) is 9.09. The first kappa shape index (κ1) is 26.2. The van der Waals surface area contributed by atoms with Gasteiger partial charge in [0.05, 0.1) is 39.9 Å². The number of aliphatic hydroxyl groups excluding tert-OH is 1. The van der Waals surface area contributed by atoms with E-state index in [1.54, 1.807) is 28.0 Å². The lowest BCUT2D eigenvalue weighted by Gasteiger charge is -2.39. The summed E-state index contributed by atoms with van der Waals surface area (Å²) in [6.07, 6.45) is 7.95. The van der Waals surface area contributed by atoms with Crippen LogP contribution in [-0.2, 0) is 25.5 Å². The van der Waals surface area contributed by atoms with Gasteiger partial charge in [0.2, 0.25) is 5.91 Å². The standard InChI is InChI=1S/C30H29ClN2O5S/c1-29-13-8-16-38-28(37)24(29)23-26(35)33(20(18-34)17-19-9-3-2-4-10-19)25-27(36)32(15-7-14-30(23,25)39-29)22-12-6-5-11-21(22)31/h2-14,20,23-25,34H,15-18H2,1H3/t20-,23+,24-,25?,29+,30+/m1/s1. The average molecular weight is 565 g/mol. The summed E-state index contributed by atoms with van der Waals surface area (Å²) in [6, 6.07) is 15.1. The van der Waals surface area contributed by atoms with Crippen LogP contribution < -0.4 is 4.90 Å². The minimum Gasteiger partial charge on any atom is -0.461 e. The second-order valence-electron chi connectivity index (χ2n) is 10.6. The van der Waals surface area contributed by atoms with E-state index in [2.05, 4.69) is 0 Å². The average Bonchev–Trinajstić information content (AvgIpc) is 3.19. The van der Waals surface area contributed by atoms with Crippen molar-refractivity contribution in [1.82, 2.24) is 4.90 Å². The summed E-state index contributed by atoms with van der Waals surface area (Å²) in [4.78, 5) is 45.6. The predicted molar refractivity (Wildman–Crippen MR) is 150 cm³/mol. The summed E-state index contributed by atoms with van der Waals surface area (Å²) in [5.74, 6) is -2.66. The molecule has 2 amide bonds. The number of carbonyl (C=O) groups is 3. The predicted octanol–water partition coefficient (Wildman–Crippen LogP) is 3.65. The summed E-state index contributed by atoms with van der Waals surface area (Å²) in [5, 5.41) is 11.0. The highest BCUT2D eigenvalue weighted by Crippen LogP contribution is 2.65. The minimum absolute atomic E-state index is 0.148. The minimum atomic E-state index is -1.03. The van der Waals surface area contributed by atoms with Crippen molar-refractivity contribution >= 4 is 46.8 Å². The number of amides is 2. The van der Waals surface area contributed by atoms with Crippen LogP contribution in [0.3, 0.4) is 0 Å². The van der Waals surface area contributed by atoms with Crippen LogP contribution in [0.5, 0.6) is 0 Å². The van der Waals surface area contributed by atoms with Crippen molar-refractivity contribution in [2.75, 3.05) is 24.7 Å². The Bertz CT molecular complexity index is 1380. The molecule has 9 heteroatoms. The van der Waals surface area contributed by atoms with Gasteiger partial charge in [-0.2, -0.15) is 0 Å². The maximum absolute atomic E-state index is 14.6. The topological polar surface area (TPSA) is 87.1 Å². The number of anilines is 1. The number of likely N-dealkylation sites (tertiary alicyclic amines) is 1. The fourth-order valence-electron chi connectivity index (χ4n) is 6.71. The molecule has 0 aromatic heterocycles. The zero-order valence-electron chi connectivity index (χ0n) is 21.4. The van der Waals surface area contributed by atoms with E-state index in [9.17, 15) is 19.5 Å². The molecule has 1 unspecified atom stereocenters. The number of ether oxygens (including phenoxy) is 1. The highest BCUT2D eigenvalue weighted by atomic mass is 35.5. The summed E-state index contributed by atoms with van der Waals surface area (Å²) < 4.78 is 3.73. The van der Waals surface area contributed by atoms with E-state index in [1.165, 1.54) is 11.8 Å². The number of cyclic esters (lactones) is 1. The van der Waals surface area contributed by atoms with Gasteiger partial charge in [0, 0.05) is 11.3 Å². The molecule has 39 heavy (non-hydrogen) atoms. The molecule has 0 saturated carbocycles. The molecule has 1 N–H and O–H groups in total. The second-order valence-corrected chi connectivity index (χ2v) is 12.8. The van der Waals surface area contributed by atoms with Gasteiger partial charge < -0.3 is 19.6 Å². The fraction of sp³-hybridized carbons (Fsp3) is 0.367. The molecule has 1 spiro atoms. The zero-order chi connectivity index (χ0) is 27.4. The number of rotatable bonds is 5. The Hall–Kier alpha value is -3.07. The first-order chi connectivity index (χ1) is 18.8. The van der Waals surface area contributed by atoms with Gasteiger partial charge in [-0.1, -0.05) is 72.3 Å². The van der Waals surface area contributed by atoms with Crippen LogP contribution in [0.25, 0.3) is 0 Å². The lowest BCUT2D eigenvalue weighted by Crippen LogP contribution is -2.57. The van der Waals surface area contributed by atoms with E-state index in [1.807, 2.05) is 67.6 Å². The third kappa shape index (κ3) is 4.03. The summed E-state index contributed by atoms with van der Waals surface area (Å²) in [7, 11) is 0. The highest BCUT2D eigenvalue weighted by Gasteiger charge is 2.74. The van der Waals surface area contributed by atoms with Crippen LogP contribution in [0.1, 0.15) is 12.5 Å². The second kappa shape index (κ2) is 9.84. The van der Waals surface area contributed by atoms with Gasteiger partial charge in [-0.05, 0) is 37.1 Å². The summed E-state index contributed by atoms with van der Waals surface area (Å²) in [5.41, 5.74) is 1.48. The van der Waals surface area contributed by atoms with E-state index < -0.39 is 39.4 Å². The van der Waals surface area contributed by atoms with Crippen molar-refractivity contribution in [2.45, 2.75) is 34.9 Å². The van der Waals surface area contributed by atoms with Crippen LogP contribution in [0.4, 0.5) is 5.69 Å². The molecule has 2 fully saturated rings. The van der Waals surface area contributed by atoms with Gasteiger partial charge in [0.1, 0.15) is 12.6 Å². The van der Waals surface area contributed by atoms with Crippen molar-refractivity contribution < 1.29 is 24.2 Å². The maximum Gasteiger partial charge on any atom is 0.311 e. The molecular formula is C30H29ClN2O5S. The molecule has 4 aliphatic heterocycles. The van der Waals surface area contributed by atoms with Gasteiger partial charge in [0.25, 0.3) is 5.91 Å². The smallest absolute Gasteiger partial charge is 0.311 e. The number of fused-ring (bicyclic) bond motifs is 2. The molecule has 202 valence electrons. The number of hydrogen-bond donors (Lipinski definition) is 1. The number of hydrogen-bond acceptors (Lipinski definition) is 6.